The Kier molecular flexibility index (Phi) is 4.34. The van der Waals surface area contributed by atoms with Crippen LogP contribution in [0.4, 0.5) is 0 Å². The molecule has 0 bridgehead atoms. The molecule has 1 atom stereocenters. The minimum absolute atomic E-state index is 0.00158. The smallest absolute Gasteiger partial charge is 0.261 e. The standard InChI is InChI=1S/C18H25N3O3/c1-18(2)8-14-12(15(22)9-18)7-13(16(23)20-14)17(24)21-6-4-5-11(10-21)19-3/h7,11,19H,4-6,8-10H2,1-3H3,(H,20,23). The van der Waals surface area contributed by atoms with Gasteiger partial charge in [-0.25, -0.2) is 0 Å². The van der Waals surface area contributed by atoms with Crippen LogP contribution in [-0.4, -0.2) is 47.8 Å². The molecular formula is C18H25N3O3. The highest BCUT2D eigenvalue weighted by molar-refractivity contribution is 6.02. The molecule has 1 aromatic rings. The summed E-state index contributed by atoms with van der Waals surface area (Å²) in [6, 6.07) is 1.76. The zero-order valence-electron chi connectivity index (χ0n) is 14.6. The lowest BCUT2D eigenvalue weighted by atomic mass is 9.75. The lowest BCUT2D eigenvalue weighted by Gasteiger charge is -2.33. The van der Waals surface area contributed by atoms with Gasteiger partial charge in [0.2, 0.25) is 0 Å². The molecule has 1 aliphatic heterocycles. The van der Waals surface area contributed by atoms with Crippen LogP contribution in [0.3, 0.4) is 0 Å². The summed E-state index contributed by atoms with van der Waals surface area (Å²) in [5.74, 6) is -0.282. The molecule has 0 spiro atoms. The van der Waals surface area contributed by atoms with Crippen LogP contribution in [0.15, 0.2) is 10.9 Å². The molecule has 1 saturated heterocycles. The largest absolute Gasteiger partial charge is 0.337 e. The average molecular weight is 331 g/mol. The van der Waals surface area contributed by atoms with Crippen molar-refractivity contribution in [2.75, 3.05) is 20.1 Å². The normalized spacial score (nSPS) is 23.0. The van der Waals surface area contributed by atoms with E-state index in [4.69, 9.17) is 0 Å². The number of carbonyl (C=O) groups excluding carboxylic acids is 2. The van der Waals surface area contributed by atoms with Gasteiger partial charge in [0.25, 0.3) is 11.5 Å². The molecule has 1 aliphatic carbocycles. The van der Waals surface area contributed by atoms with Gasteiger partial charge < -0.3 is 15.2 Å². The van der Waals surface area contributed by atoms with Gasteiger partial charge in [-0.05, 0) is 37.8 Å². The number of nitrogens with one attached hydrogen (secondary N) is 2. The number of H-pyrrole nitrogens is 1. The highest BCUT2D eigenvalue weighted by Gasteiger charge is 2.33. The number of pyridine rings is 1. The second kappa shape index (κ2) is 6.16. The fourth-order valence-electron chi connectivity index (χ4n) is 3.75. The van der Waals surface area contributed by atoms with Crippen molar-refractivity contribution in [3.63, 3.8) is 0 Å². The number of nitrogens with zero attached hydrogens (tertiary/aromatic N) is 1. The zero-order valence-corrected chi connectivity index (χ0v) is 14.6. The lowest BCUT2D eigenvalue weighted by molar-refractivity contribution is 0.0696. The van der Waals surface area contributed by atoms with Crippen LogP contribution in [0.1, 0.15) is 59.5 Å². The Balaban J connectivity index is 1.92. The third-order valence-electron chi connectivity index (χ3n) is 5.06. The van der Waals surface area contributed by atoms with Crippen molar-refractivity contribution < 1.29 is 9.59 Å². The second-order valence-electron chi connectivity index (χ2n) is 7.72. The van der Waals surface area contributed by atoms with E-state index in [0.29, 0.717) is 37.2 Å². The second-order valence-corrected chi connectivity index (χ2v) is 7.72. The van der Waals surface area contributed by atoms with Gasteiger partial charge >= 0.3 is 0 Å². The van der Waals surface area contributed by atoms with Crippen LogP contribution in [-0.2, 0) is 6.42 Å². The number of aromatic nitrogens is 1. The topological polar surface area (TPSA) is 82.3 Å². The maximum Gasteiger partial charge on any atom is 0.261 e. The van der Waals surface area contributed by atoms with E-state index in [9.17, 15) is 14.4 Å². The molecule has 24 heavy (non-hydrogen) atoms. The summed E-state index contributed by atoms with van der Waals surface area (Å²) >= 11 is 0. The van der Waals surface area contributed by atoms with Gasteiger partial charge in [-0.15, -0.1) is 0 Å². The highest BCUT2D eigenvalue weighted by Crippen LogP contribution is 2.33. The average Bonchev–Trinajstić information content (AvgIpc) is 2.52. The third-order valence-corrected chi connectivity index (χ3v) is 5.06. The Morgan fingerprint density at radius 1 is 1.33 bits per heavy atom. The number of carbonyl (C=O) groups is 2. The molecular weight excluding hydrogens is 306 g/mol. The van der Waals surface area contributed by atoms with E-state index < -0.39 is 5.56 Å². The number of rotatable bonds is 2. The van der Waals surface area contributed by atoms with Crippen LogP contribution in [0.2, 0.25) is 0 Å². The van der Waals surface area contributed by atoms with Crippen molar-refractivity contribution >= 4 is 11.7 Å². The van der Waals surface area contributed by atoms with E-state index in [1.165, 1.54) is 6.07 Å². The molecule has 130 valence electrons. The Labute approximate surface area is 141 Å². The van der Waals surface area contributed by atoms with Gasteiger partial charge in [-0.1, -0.05) is 13.8 Å². The summed E-state index contributed by atoms with van der Waals surface area (Å²) in [6.45, 7) is 5.26. The summed E-state index contributed by atoms with van der Waals surface area (Å²) in [6.07, 6.45) is 3.01. The summed E-state index contributed by atoms with van der Waals surface area (Å²) in [7, 11) is 1.88. The van der Waals surface area contributed by atoms with Crippen molar-refractivity contribution in [2.45, 2.75) is 45.6 Å². The van der Waals surface area contributed by atoms with Crippen LogP contribution in [0.5, 0.6) is 0 Å². The molecule has 1 unspecified atom stereocenters. The van der Waals surface area contributed by atoms with Crippen molar-refractivity contribution in [3.8, 4) is 0 Å². The third kappa shape index (κ3) is 3.15. The maximum atomic E-state index is 12.8. The molecule has 0 aromatic carbocycles. The summed E-state index contributed by atoms with van der Waals surface area (Å²) in [4.78, 5) is 42.1. The van der Waals surface area contributed by atoms with Crippen LogP contribution in [0.25, 0.3) is 0 Å². The van der Waals surface area contributed by atoms with E-state index in [1.54, 1.807) is 4.90 Å². The summed E-state index contributed by atoms with van der Waals surface area (Å²) in [5.41, 5.74) is 0.684. The van der Waals surface area contributed by atoms with Crippen LogP contribution < -0.4 is 10.9 Å². The molecule has 3 rings (SSSR count). The molecule has 2 aliphatic rings. The zero-order chi connectivity index (χ0) is 17.5. The van der Waals surface area contributed by atoms with E-state index in [1.807, 2.05) is 20.9 Å². The molecule has 1 aromatic heterocycles. The van der Waals surface area contributed by atoms with Gasteiger partial charge in [0.1, 0.15) is 5.56 Å². The molecule has 1 fully saturated rings. The molecule has 6 heteroatoms. The Morgan fingerprint density at radius 3 is 2.79 bits per heavy atom. The number of ketones is 1. The summed E-state index contributed by atoms with van der Waals surface area (Å²) in [5, 5.41) is 3.19. The minimum Gasteiger partial charge on any atom is -0.337 e. The number of aromatic amines is 1. The van der Waals surface area contributed by atoms with Crippen molar-refractivity contribution in [1.82, 2.24) is 15.2 Å². The molecule has 6 nitrogen and oxygen atoms in total. The van der Waals surface area contributed by atoms with Crippen molar-refractivity contribution in [2.24, 2.45) is 5.41 Å². The van der Waals surface area contributed by atoms with Gasteiger partial charge in [0.05, 0.1) is 0 Å². The highest BCUT2D eigenvalue weighted by atomic mass is 16.2. The molecule has 0 saturated carbocycles. The van der Waals surface area contributed by atoms with Crippen molar-refractivity contribution in [1.29, 1.82) is 0 Å². The van der Waals surface area contributed by atoms with E-state index in [-0.39, 0.29) is 28.7 Å². The van der Waals surface area contributed by atoms with Gasteiger partial charge in [-0.2, -0.15) is 0 Å². The fraction of sp³-hybridized carbons (Fsp3) is 0.611. The molecule has 2 heterocycles. The predicted octanol–water partition coefficient (Wildman–Crippen LogP) is 1.35. The monoisotopic (exact) mass is 331 g/mol. The Bertz CT molecular complexity index is 736. The Morgan fingerprint density at radius 2 is 2.08 bits per heavy atom. The first-order valence-electron chi connectivity index (χ1n) is 8.57. The van der Waals surface area contributed by atoms with Crippen LogP contribution >= 0.6 is 0 Å². The first-order valence-corrected chi connectivity index (χ1v) is 8.57. The fourth-order valence-corrected chi connectivity index (χ4v) is 3.75. The molecule has 0 radical (unpaired) electrons. The molecule has 1 amide bonds. The van der Waals surface area contributed by atoms with E-state index in [0.717, 1.165) is 12.8 Å². The maximum absolute atomic E-state index is 12.8. The van der Waals surface area contributed by atoms with Crippen LogP contribution in [0, 0.1) is 5.41 Å². The van der Waals surface area contributed by atoms with Gasteiger partial charge in [0, 0.05) is 36.8 Å². The number of Topliss-reactive ketones (excluding diaryl/α,β-unsaturated/α-hetero) is 1. The van der Waals surface area contributed by atoms with E-state index in [2.05, 4.69) is 10.3 Å². The predicted molar refractivity (Wildman–Crippen MR) is 91.5 cm³/mol. The Hall–Kier alpha value is -1.95. The lowest BCUT2D eigenvalue weighted by Crippen LogP contribution is -2.48. The quantitative estimate of drug-likeness (QED) is 0.857. The van der Waals surface area contributed by atoms with Gasteiger partial charge in [-0.3, -0.25) is 14.4 Å². The molecule has 2 N–H and O–H groups in total. The first kappa shape index (κ1) is 16.9. The number of hydrogen-bond acceptors (Lipinski definition) is 4. The number of amides is 1. The summed E-state index contributed by atoms with van der Waals surface area (Å²) < 4.78 is 0. The number of piperidine rings is 1. The number of hydrogen-bond donors (Lipinski definition) is 2. The number of likely N-dealkylation sites (N-methyl/N-ethyl adjacent to an activating group) is 1. The van der Waals surface area contributed by atoms with E-state index >= 15 is 0 Å². The van der Waals surface area contributed by atoms with Crippen molar-refractivity contribution in [3.05, 3.63) is 33.2 Å². The SMILES string of the molecule is CNC1CCCN(C(=O)c2cc3c([nH]c2=O)CC(C)(C)CC3=O)C1. The number of likely N-dealkylation sites (tertiary alicyclic amines) is 1. The first-order chi connectivity index (χ1) is 11.3. The minimum atomic E-state index is -0.393. The van der Waals surface area contributed by atoms with Gasteiger partial charge in [0.15, 0.2) is 5.78 Å². The number of fused-ring (bicyclic) bond motifs is 1.